The van der Waals surface area contributed by atoms with Crippen LogP contribution in [0, 0.1) is 5.41 Å². The molecule has 4 heteroatoms. The fourth-order valence-corrected chi connectivity index (χ4v) is 2.31. The maximum Gasteiger partial charge on any atom is 0.307 e. The lowest BCUT2D eigenvalue weighted by molar-refractivity contribution is -0.143. The Morgan fingerprint density at radius 1 is 1.28 bits per heavy atom. The molecule has 1 rings (SSSR count). The van der Waals surface area contributed by atoms with Crippen LogP contribution in [0.5, 0.6) is 0 Å². The van der Waals surface area contributed by atoms with Crippen molar-refractivity contribution in [2.45, 2.75) is 58.5 Å². The summed E-state index contributed by atoms with van der Waals surface area (Å²) in [5, 5.41) is 13.6. The Morgan fingerprint density at radius 3 is 2.44 bits per heavy atom. The minimum Gasteiger partial charge on any atom is -0.466 e. The van der Waals surface area contributed by atoms with E-state index in [9.17, 15) is 9.90 Å². The summed E-state index contributed by atoms with van der Waals surface area (Å²) in [6.45, 7) is 7.88. The SMILES string of the molecule is CCOC(=O)CCNCC1(O)CCC(C)(C)CC1. The first-order chi connectivity index (χ1) is 8.37. The Bertz CT molecular complexity index is 266. The van der Waals surface area contributed by atoms with Gasteiger partial charge in [0.1, 0.15) is 0 Å². The molecule has 0 aromatic heterocycles. The predicted octanol–water partition coefficient (Wildman–Crippen LogP) is 1.86. The lowest BCUT2D eigenvalue weighted by Gasteiger charge is -2.40. The molecule has 0 amide bonds. The van der Waals surface area contributed by atoms with Crippen LogP contribution in [-0.4, -0.2) is 36.4 Å². The third-order valence-electron chi connectivity index (χ3n) is 3.80. The standard InChI is InChI=1S/C14H27NO3/c1-4-18-12(16)5-10-15-11-14(17)8-6-13(2,3)7-9-14/h15,17H,4-11H2,1-3H3. The normalized spacial score (nSPS) is 21.6. The van der Waals surface area contributed by atoms with Gasteiger partial charge in [-0.3, -0.25) is 4.79 Å². The monoisotopic (exact) mass is 257 g/mol. The molecule has 0 atom stereocenters. The summed E-state index contributed by atoms with van der Waals surface area (Å²) < 4.78 is 4.84. The van der Waals surface area contributed by atoms with E-state index in [1.165, 1.54) is 0 Å². The Balaban J connectivity index is 2.17. The van der Waals surface area contributed by atoms with Crippen molar-refractivity contribution in [1.29, 1.82) is 0 Å². The van der Waals surface area contributed by atoms with Crippen LogP contribution in [0.4, 0.5) is 0 Å². The highest BCUT2D eigenvalue weighted by atomic mass is 16.5. The molecule has 0 aromatic carbocycles. The van der Waals surface area contributed by atoms with Crippen LogP contribution in [0.15, 0.2) is 0 Å². The molecule has 2 N–H and O–H groups in total. The fourth-order valence-electron chi connectivity index (χ4n) is 2.31. The lowest BCUT2D eigenvalue weighted by atomic mass is 9.71. The Hall–Kier alpha value is -0.610. The van der Waals surface area contributed by atoms with Crippen LogP contribution in [0.2, 0.25) is 0 Å². The molecule has 18 heavy (non-hydrogen) atoms. The average molecular weight is 257 g/mol. The summed E-state index contributed by atoms with van der Waals surface area (Å²) in [5.74, 6) is -0.179. The van der Waals surface area contributed by atoms with Crippen molar-refractivity contribution in [1.82, 2.24) is 5.32 Å². The molecule has 1 fully saturated rings. The van der Waals surface area contributed by atoms with E-state index >= 15 is 0 Å². The molecule has 0 bridgehead atoms. The molecule has 4 nitrogen and oxygen atoms in total. The third kappa shape index (κ3) is 5.36. The molecule has 1 saturated carbocycles. The zero-order valence-electron chi connectivity index (χ0n) is 11.9. The summed E-state index contributed by atoms with van der Waals surface area (Å²) in [4.78, 5) is 11.1. The molecule has 0 saturated heterocycles. The molecule has 0 heterocycles. The fraction of sp³-hybridized carbons (Fsp3) is 0.929. The molecule has 1 aliphatic carbocycles. The number of rotatable bonds is 6. The quantitative estimate of drug-likeness (QED) is 0.563. The maximum atomic E-state index is 11.1. The second kappa shape index (κ2) is 6.53. The summed E-state index contributed by atoms with van der Waals surface area (Å²) in [5.41, 5.74) is -0.235. The minimum absolute atomic E-state index is 0.179. The number of carbonyl (C=O) groups is 1. The van der Waals surface area contributed by atoms with E-state index in [2.05, 4.69) is 19.2 Å². The van der Waals surface area contributed by atoms with Gasteiger partial charge < -0.3 is 15.2 Å². The van der Waals surface area contributed by atoms with Gasteiger partial charge in [-0.25, -0.2) is 0 Å². The number of nitrogens with one attached hydrogen (secondary N) is 1. The number of hydrogen-bond donors (Lipinski definition) is 2. The van der Waals surface area contributed by atoms with E-state index in [-0.39, 0.29) is 5.97 Å². The molecule has 0 aromatic rings. The first-order valence-electron chi connectivity index (χ1n) is 6.96. The zero-order valence-corrected chi connectivity index (χ0v) is 11.9. The van der Waals surface area contributed by atoms with E-state index in [0.29, 0.717) is 31.5 Å². The van der Waals surface area contributed by atoms with Gasteiger partial charge in [0.05, 0.1) is 18.6 Å². The van der Waals surface area contributed by atoms with Crippen molar-refractivity contribution < 1.29 is 14.6 Å². The average Bonchev–Trinajstić information content (AvgIpc) is 2.30. The Morgan fingerprint density at radius 2 is 1.89 bits per heavy atom. The van der Waals surface area contributed by atoms with Gasteiger partial charge in [-0.05, 0) is 38.0 Å². The van der Waals surface area contributed by atoms with E-state index in [0.717, 1.165) is 25.7 Å². The van der Waals surface area contributed by atoms with E-state index in [4.69, 9.17) is 4.74 Å². The largest absolute Gasteiger partial charge is 0.466 e. The van der Waals surface area contributed by atoms with Crippen LogP contribution < -0.4 is 5.32 Å². The van der Waals surface area contributed by atoms with Gasteiger partial charge in [0.2, 0.25) is 0 Å². The van der Waals surface area contributed by atoms with Crippen molar-refractivity contribution in [3.8, 4) is 0 Å². The maximum absolute atomic E-state index is 11.1. The van der Waals surface area contributed by atoms with Crippen molar-refractivity contribution in [3.05, 3.63) is 0 Å². The molecule has 106 valence electrons. The van der Waals surface area contributed by atoms with E-state index in [1.54, 1.807) is 6.92 Å². The van der Waals surface area contributed by atoms with Gasteiger partial charge in [-0.2, -0.15) is 0 Å². The van der Waals surface area contributed by atoms with Crippen molar-refractivity contribution >= 4 is 5.97 Å². The van der Waals surface area contributed by atoms with Crippen LogP contribution in [0.1, 0.15) is 52.9 Å². The van der Waals surface area contributed by atoms with Gasteiger partial charge in [0.15, 0.2) is 0 Å². The molecule has 1 aliphatic rings. The predicted molar refractivity (Wildman–Crippen MR) is 71.3 cm³/mol. The highest BCUT2D eigenvalue weighted by molar-refractivity contribution is 5.69. The van der Waals surface area contributed by atoms with Gasteiger partial charge in [-0.1, -0.05) is 13.8 Å². The highest BCUT2D eigenvalue weighted by Crippen LogP contribution is 2.39. The molecule has 0 aliphatic heterocycles. The second-order valence-electron chi connectivity index (χ2n) is 6.12. The Kier molecular flexibility index (Phi) is 5.60. The van der Waals surface area contributed by atoms with Crippen molar-refractivity contribution in [2.75, 3.05) is 19.7 Å². The molecule has 0 radical (unpaired) electrons. The van der Waals surface area contributed by atoms with Crippen LogP contribution in [0.3, 0.4) is 0 Å². The van der Waals surface area contributed by atoms with E-state index in [1.807, 2.05) is 0 Å². The minimum atomic E-state index is -0.593. The summed E-state index contributed by atoms with van der Waals surface area (Å²) in [6.07, 6.45) is 4.17. The number of hydrogen-bond acceptors (Lipinski definition) is 4. The topological polar surface area (TPSA) is 58.6 Å². The van der Waals surface area contributed by atoms with E-state index < -0.39 is 5.60 Å². The summed E-state index contributed by atoms with van der Waals surface area (Å²) in [6, 6.07) is 0. The highest BCUT2D eigenvalue weighted by Gasteiger charge is 2.36. The summed E-state index contributed by atoms with van der Waals surface area (Å²) >= 11 is 0. The Labute approximate surface area is 110 Å². The van der Waals surface area contributed by atoms with Gasteiger partial charge in [-0.15, -0.1) is 0 Å². The first kappa shape index (κ1) is 15.4. The zero-order chi connectivity index (χ0) is 13.6. The number of ether oxygens (including phenoxy) is 1. The second-order valence-corrected chi connectivity index (χ2v) is 6.12. The van der Waals surface area contributed by atoms with Gasteiger partial charge in [0, 0.05) is 13.1 Å². The number of esters is 1. The lowest BCUT2D eigenvalue weighted by Crippen LogP contribution is -2.45. The molecule has 0 spiro atoms. The third-order valence-corrected chi connectivity index (χ3v) is 3.80. The van der Waals surface area contributed by atoms with Gasteiger partial charge >= 0.3 is 5.97 Å². The van der Waals surface area contributed by atoms with Crippen molar-refractivity contribution in [3.63, 3.8) is 0 Å². The number of aliphatic hydroxyl groups is 1. The molecule has 0 unspecified atom stereocenters. The smallest absolute Gasteiger partial charge is 0.307 e. The van der Waals surface area contributed by atoms with Gasteiger partial charge in [0.25, 0.3) is 0 Å². The van der Waals surface area contributed by atoms with Crippen LogP contribution in [-0.2, 0) is 9.53 Å². The molecular formula is C14H27NO3. The summed E-state index contributed by atoms with van der Waals surface area (Å²) in [7, 11) is 0. The van der Waals surface area contributed by atoms with Crippen molar-refractivity contribution in [2.24, 2.45) is 5.41 Å². The van der Waals surface area contributed by atoms with Crippen LogP contribution >= 0.6 is 0 Å². The number of carbonyl (C=O) groups excluding carboxylic acids is 1. The molecular weight excluding hydrogens is 230 g/mol. The van der Waals surface area contributed by atoms with Crippen LogP contribution in [0.25, 0.3) is 0 Å². The first-order valence-corrected chi connectivity index (χ1v) is 6.96.